The van der Waals surface area contributed by atoms with Crippen LogP contribution in [0.2, 0.25) is 0 Å². The van der Waals surface area contributed by atoms with Gasteiger partial charge in [0.25, 0.3) is 9.05 Å². The van der Waals surface area contributed by atoms with Gasteiger partial charge in [0.1, 0.15) is 9.73 Å². The lowest BCUT2D eigenvalue weighted by Gasteiger charge is -1.94. The summed E-state index contributed by atoms with van der Waals surface area (Å²) in [7, 11) is 1.66. The quantitative estimate of drug-likeness (QED) is 0.728. The maximum Gasteiger partial charge on any atom is 0.263 e. The van der Waals surface area contributed by atoms with Crippen LogP contribution in [0.15, 0.2) is 23.2 Å². The monoisotopic (exact) mass is 247 g/mol. The number of rotatable bonds is 1. The smallest absolute Gasteiger partial charge is 0.245 e. The second-order valence-electron chi connectivity index (χ2n) is 2.78. The number of halogens is 1. The summed E-state index contributed by atoms with van der Waals surface area (Å²) in [6, 6.07) is 3.40. The Balaban J connectivity index is 2.95. The molecule has 0 saturated carbocycles. The van der Waals surface area contributed by atoms with Gasteiger partial charge < -0.3 is 0 Å². The average molecular weight is 248 g/mol. The number of nitrogens with zero attached hydrogens (tertiary/aromatic N) is 1. The molecule has 2 rings (SSSR count). The summed E-state index contributed by atoms with van der Waals surface area (Å²) in [5.74, 6) is 0. The van der Waals surface area contributed by atoms with E-state index >= 15 is 0 Å². The minimum atomic E-state index is -3.67. The van der Waals surface area contributed by atoms with Gasteiger partial charge in [0.15, 0.2) is 0 Å². The van der Waals surface area contributed by atoms with Crippen LogP contribution in [0.1, 0.15) is 4.88 Å². The van der Waals surface area contributed by atoms with Crippen LogP contribution in [0.5, 0.6) is 0 Å². The van der Waals surface area contributed by atoms with Crippen LogP contribution in [0, 0.1) is 6.92 Å². The maximum absolute atomic E-state index is 11.3. The number of hydrogen-bond acceptors (Lipinski definition) is 4. The molecule has 0 aliphatic heterocycles. The third kappa shape index (κ3) is 1.51. The number of fused-ring (bicyclic) bond motifs is 1. The molecule has 0 fully saturated rings. The Bertz CT molecular complexity index is 588. The molecule has 0 bridgehead atoms. The number of aryl methyl sites for hydroxylation is 1. The van der Waals surface area contributed by atoms with Crippen LogP contribution in [-0.4, -0.2) is 13.4 Å². The van der Waals surface area contributed by atoms with Crippen molar-refractivity contribution in [2.45, 2.75) is 11.8 Å². The fourth-order valence-corrected chi connectivity index (χ4v) is 4.24. The Hall–Kier alpha value is -0.650. The zero-order valence-corrected chi connectivity index (χ0v) is 9.58. The zero-order valence-electron chi connectivity index (χ0n) is 7.19. The summed E-state index contributed by atoms with van der Waals surface area (Å²) in [6.07, 6.45) is 1.63. The SMILES string of the molecule is Cc1sc2ncccc2c1S(=O)(=O)Cl. The molecule has 0 aromatic carbocycles. The third-order valence-electron chi connectivity index (χ3n) is 1.83. The van der Waals surface area contributed by atoms with Crippen molar-refractivity contribution in [1.82, 2.24) is 4.98 Å². The lowest BCUT2D eigenvalue weighted by atomic mass is 10.3. The molecule has 0 amide bonds. The van der Waals surface area contributed by atoms with Gasteiger partial charge in [-0.3, -0.25) is 0 Å². The lowest BCUT2D eigenvalue weighted by molar-refractivity contribution is 0.610. The van der Waals surface area contributed by atoms with Crippen molar-refractivity contribution in [3.8, 4) is 0 Å². The Morgan fingerprint density at radius 2 is 2.21 bits per heavy atom. The van der Waals surface area contributed by atoms with E-state index in [2.05, 4.69) is 4.98 Å². The second kappa shape index (κ2) is 3.18. The normalized spacial score (nSPS) is 12.1. The fraction of sp³-hybridized carbons (Fsp3) is 0.125. The van der Waals surface area contributed by atoms with Gasteiger partial charge in [-0.05, 0) is 19.1 Å². The van der Waals surface area contributed by atoms with Crippen molar-refractivity contribution < 1.29 is 8.42 Å². The van der Waals surface area contributed by atoms with E-state index in [-0.39, 0.29) is 4.90 Å². The van der Waals surface area contributed by atoms with E-state index in [9.17, 15) is 8.42 Å². The van der Waals surface area contributed by atoms with Crippen molar-refractivity contribution in [3.63, 3.8) is 0 Å². The molecule has 0 atom stereocenters. The van der Waals surface area contributed by atoms with Crippen molar-refractivity contribution in [2.24, 2.45) is 0 Å². The van der Waals surface area contributed by atoms with Crippen LogP contribution in [0.4, 0.5) is 0 Å². The van der Waals surface area contributed by atoms with E-state index in [1.54, 1.807) is 25.3 Å². The predicted octanol–water partition coefficient (Wildman–Crippen LogP) is 2.53. The molecule has 2 heterocycles. The van der Waals surface area contributed by atoms with Gasteiger partial charge in [-0.1, -0.05) is 0 Å². The lowest BCUT2D eigenvalue weighted by Crippen LogP contribution is -1.90. The van der Waals surface area contributed by atoms with E-state index in [1.165, 1.54) is 11.3 Å². The van der Waals surface area contributed by atoms with E-state index < -0.39 is 9.05 Å². The Morgan fingerprint density at radius 3 is 2.86 bits per heavy atom. The number of aromatic nitrogens is 1. The van der Waals surface area contributed by atoms with Gasteiger partial charge >= 0.3 is 0 Å². The largest absolute Gasteiger partial charge is 0.263 e. The average Bonchev–Trinajstić information content (AvgIpc) is 2.38. The summed E-state index contributed by atoms with van der Waals surface area (Å²) in [5, 5.41) is 0.602. The van der Waals surface area contributed by atoms with E-state index in [0.29, 0.717) is 15.1 Å². The van der Waals surface area contributed by atoms with Crippen molar-refractivity contribution in [3.05, 3.63) is 23.2 Å². The second-order valence-corrected chi connectivity index (χ2v) is 6.49. The first kappa shape index (κ1) is 9.89. The molecule has 6 heteroatoms. The Morgan fingerprint density at radius 1 is 1.50 bits per heavy atom. The summed E-state index contributed by atoms with van der Waals surface area (Å²) >= 11 is 1.33. The molecule has 3 nitrogen and oxygen atoms in total. The maximum atomic E-state index is 11.3. The van der Waals surface area contributed by atoms with Gasteiger partial charge in [0.05, 0.1) is 0 Å². The van der Waals surface area contributed by atoms with Crippen LogP contribution >= 0.6 is 22.0 Å². The summed E-state index contributed by atoms with van der Waals surface area (Å²) in [4.78, 5) is 5.63. The first-order valence-electron chi connectivity index (χ1n) is 3.79. The highest BCUT2D eigenvalue weighted by atomic mass is 35.7. The first-order chi connectivity index (χ1) is 6.50. The number of pyridine rings is 1. The summed E-state index contributed by atoms with van der Waals surface area (Å²) in [5.41, 5.74) is 0. The van der Waals surface area contributed by atoms with Gasteiger partial charge in [-0.25, -0.2) is 13.4 Å². The van der Waals surface area contributed by atoms with Crippen molar-refractivity contribution in [1.29, 1.82) is 0 Å². The topological polar surface area (TPSA) is 47.0 Å². The Labute approximate surface area is 89.8 Å². The number of thiophene rings is 1. The number of hydrogen-bond donors (Lipinski definition) is 0. The molecular weight excluding hydrogens is 242 g/mol. The third-order valence-corrected chi connectivity index (χ3v) is 4.46. The van der Waals surface area contributed by atoms with Crippen molar-refractivity contribution >= 4 is 41.3 Å². The van der Waals surface area contributed by atoms with E-state index in [1.807, 2.05) is 0 Å². The highest BCUT2D eigenvalue weighted by Crippen LogP contribution is 2.34. The van der Waals surface area contributed by atoms with Crippen LogP contribution in [0.3, 0.4) is 0 Å². The van der Waals surface area contributed by atoms with Gasteiger partial charge in [-0.2, -0.15) is 0 Å². The van der Waals surface area contributed by atoms with Crippen LogP contribution in [0.25, 0.3) is 10.2 Å². The minimum Gasteiger partial charge on any atom is -0.245 e. The van der Waals surface area contributed by atoms with Crippen LogP contribution in [-0.2, 0) is 9.05 Å². The molecule has 0 aliphatic rings. The first-order valence-corrected chi connectivity index (χ1v) is 6.91. The highest BCUT2D eigenvalue weighted by Gasteiger charge is 2.20. The minimum absolute atomic E-state index is 0.187. The molecule has 0 spiro atoms. The van der Waals surface area contributed by atoms with Gasteiger partial charge in [0.2, 0.25) is 0 Å². The molecule has 0 saturated heterocycles. The fourth-order valence-electron chi connectivity index (χ4n) is 1.33. The molecule has 74 valence electrons. The molecule has 2 aromatic heterocycles. The summed E-state index contributed by atoms with van der Waals surface area (Å²) in [6.45, 7) is 1.72. The van der Waals surface area contributed by atoms with E-state index in [0.717, 1.165) is 0 Å². The molecule has 0 N–H and O–H groups in total. The molecule has 14 heavy (non-hydrogen) atoms. The standard InChI is InChI=1S/C8H6ClNO2S2/c1-5-7(14(9,11)12)6-3-2-4-10-8(6)13-5/h2-4H,1H3. The van der Waals surface area contributed by atoms with E-state index in [4.69, 9.17) is 10.7 Å². The highest BCUT2D eigenvalue weighted by molar-refractivity contribution is 8.14. The Kier molecular flexibility index (Phi) is 2.25. The molecule has 0 unspecified atom stereocenters. The van der Waals surface area contributed by atoms with Gasteiger partial charge in [-0.15, -0.1) is 11.3 Å². The zero-order chi connectivity index (χ0) is 10.3. The molecular formula is C8H6ClNO2S2. The summed E-state index contributed by atoms with van der Waals surface area (Å²) < 4.78 is 22.5. The van der Waals surface area contributed by atoms with Crippen molar-refractivity contribution in [2.75, 3.05) is 0 Å². The van der Waals surface area contributed by atoms with Crippen LogP contribution < -0.4 is 0 Å². The van der Waals surface area contributed by atoms with Gasteiger partial charge in [0, 0.05) is 27.1 Å². The molecule has 2 aromatic rings. The molecule has 0 aliphatic carbocycles. The molecule has 0 radical (unpaired) electrons. The predicted molar refractivity (Wildman–Crippen MR) is 57.4 cm³/mol.